The van der Waals surface area contributed by atoms with Gasteiger partial charge in [0, 0.05) is 32.1 Å². The van der Waals surface area contributed by atoms with E-state index in [0.29, 0.717) is 25.1 Å². The molecule has 0 N–H and O–H groups in total. The molecular formula is C17H19F3N2O2. The molecule has 2 amide bonds. The first-order valence-corrected chi connectivity index (χ1v) is 8.02. The Labute approximate surface area is 138 Å². The molecule has 7 heteroatoms. The molecule has 24 heavy (non-hydrogen) atoms. The molecule has 2 aliphatic rings. The van der Waals surface area contributed by atoms with Gasteiger partial charge >= 0.3 is 6.18 Å². The summed E-state index contributed by atoms with van der Waals surface area (Å²) in [6, 6.07) is 6.46. The summed E-state index contributed by atoms with van der Waals surface area (Å²) in [5.74, 6) is -2.15. The Morgan fingerprint density at radius 1 is 1.21 bits per heavy atom. The molecule has 0 spiro atoms. The van der Waals surface area contributed by atoms with Gasteiger partial charge in [0.2, 0.25) is 11.8 Å². The zero-order valence-electron chi connectivity index (χ0n) is 13.3. The Kier molecular flexibility index (Phi) is 4.27. The lowest BCUT2D eigenvalue weighted by molar-refractivity contribution is -0.188. The summed E-state index contributed by atoms with van der Waals surface area (Å²) >= 11 is 0. The lowest BCUT2D eigenvalue weighted by Gasteiger charge is -2.36. The van der Waals surface area contributed by atoms with Crippen LogP contribution in [0.3, 0.4) is 0 Å². The van der Waals surface area contributed by atoms with Gasteiger partial charge in [-0.3, -0.25) is 14.5 Å². The van der Waals surface area contributed by atoms with Crippen molar-refractivity contribution in [1.82, 2.24) is 4.90 Å². The van der Waals surface area contributed by atoms with E-state index in [1.165, 1.54) is 16.7 Å². The molecule has 1 aromatic rings. The molecule has 0 bridgehead atoms. The highest BCUT2D eigenvalue weighted by molar-refractivity contribution is 6.02. The monoisotopic (exact) mass is 340 g/mol. The van der Waals surface area contributed by atoms with E-state index in [0.717, 1.165) is 5.56 Å². The minimum Gasteiger partial charge on any atom is -0.340 e. The summed E-state index contributed by atoms with van der Waals surface area (Å²) < 4.78 is 38.9. The van der Waals surface area contributed by atoms with E-state index in [1.807, 2.05) is 12.1 Å². The van der Waals surface area contributed by atoms with Gasteiger partial charge in [-0.05, 0) is 24.5 Å². The molecule has 0 unspecified atom stereocenters. The molecular weight excluding hydrogens is 321 g/mol. The lowest BCUT2D eigenvalue weighted by Crippen LogP contribution is -2.53. The largest absolute Gasteiger partial charge is 0.393 e. The average Bonchev–Trinajstić information content (AvgIpc) is 2.93. The topological polar surface area (TPSA) is 40.6 Å². The van der Waals surface area contributed by atoms with Crippen molar-refractivity contribution in [3.8, 4) is 0 Å². The first-order chi connectivity index (χ1) is 11.3. The number of hydrogen-bond acceptors (Lipinski definition) is 2. The van der Waals surface area contributed by atoms with Gasteiger partial charge in [0.15, 0.2) is 0 Å². The molecule has 1 aromatic carbocycles. The van der Waals surface area contributed by atoms with Crippen LogP contribution in [0.4, 0.5) is 18.9 Å². The number of carbonyl (C=O) groups excluding carboxylic acids is 2. The summed E-state index contributed by atoms with van der Waals surface area (Å²) in [7, 11) is 0. The van der Waals surface area contributed by atoms with Crippen molar-refractivity contribution in [3.63, 3.8) is 0 Å². The predicted molar refractivity (Wildman–Crippen MR) is 82.5 cm³/mol. The number of likely N-dealkylation sites (tertiary alicyclic amines) is 1. The SMILES string of the molecule is CC(=O)N1c2ccccc2C[C@H]1C(=O)N1CCC[C@@H](C(F)(F)F)C1. The summed E-state index contributed by atoms with van der Waals surface area (Å²) in [4.78, 5) is 27.5. The summed E-state index contributed by atoms with van der Waals surface area (Å²) in [5, 5.41) is 0. The summed E-state index contributed by atoms with van der Waals surface area (Å²) in [6.07, 6.45) is -3.57. The molecule has 1 saturated heterocycles. The predicted octanol–water partition coefficient (Wildman–Crippen LogP) is 2.77. The Bertz CT molecular complexity index is 659. The summed E-state index contributed by atoms with van der Waals surface area (Å²) in [6.45, 7) is 1.36. The highest BCUT2D eigenvalue weighted by atomic mass is 19.4. The van der Waals surface area contributed by atoms with Gasteiger partial charge in [-0.25, -0.2) is 0 Å². The van der Waals surface area contributed by atoms with Gasteiger partial charge < -0.3 is 4.90 Å². The maximum atomic E-state index is 13.0. The zero-order chi connectivity index (χ0) is 17.5. The minimum absolute atomic E-state index is 0.0502. The van der Waals surface area contributed by atoms with Crippen LogP contribution < -0.4 is 4.90 Å². The number of rotatable bonds is 1. The average molecular weight is 340 g/mol. The van der Waals surface area contributed by atoms with Crippen molar-refractivity contribution >= 4 is 17.5 Å². The molecule has 0 radical (unpaired) electrons. The van der Waals surface area contributed by atoms with Crippen molar-refractivity contribution in [1.29, 1.82) is 0 Å². The molecule has 2 heterocycles. The quantitative estimate of drug-likeness (QED) is 0.789. The molecule has 3 rings (SSSR count). The van der Waals surface area contributed by atoms with Crippen LogP contribution in [0, 0.1) is 5.92 Å². The highest BCUT2D eigenvalue weighted by Gasteiger charge is 2.45. The molecule has 130 valence electrons. The van der Waals surface area contributed by atoms with Crippen molar-refractivity contribution in [2.24, 2.45) is 5.92 Å². The number of fused-ring (bicyclic) bond motifs is 1. The van der Waals surface area contributed by atoms with Crippen LogP contribution in [-0.4, -0.2) is 42.0 Å². The van der Waals surface area contributed by atoms with Gasteiger partial charge in [-0.1, -0.05) is 18.2 Å². The van der Waals surface area contributed by atoms with E-state index in [1.54, 1.807) is 12.1 Å². The number of benzene rings is 1. The number of carbonyl (C=O) groups is 2. The van der Waals surface area contributed by atoms with Crippen LogP contribution in [0.25, 0.3) is 0 Å². The lowest BCUT2D eigenvalue weighted by atomic mass is 9.96. The number of nitrogens with zero attached hydrogens (tertiary/aromatic N) is 2. The molecule has 1 fully saturated rings. The number of amides is 2. The highest BCUT2D eigenvalue weighted by Crippen LogP contribution is 2.36. The smallest absolute Gasteiger partial charge is 0.340 e. The summed E-state index contributed by atoms with van der Waals surface area (Å²) in [5.41, 5.74) is 1.54. The third-order valence-electron chi connectivity index (χ3n) is 4.80. The van der Waals surface area contributed by atoms with Crippen LogP contribution in [-0.2, 0) is 16.0 Å². The van der Waals surface area contributed by atoms with E-state index in [4.69, 9.17) is 0 Å². The van der Waals surface area contributed by atoms with E-state index in [2.05, 4.69) is 0 Å². The normalized spacial score (nSPS) is 24.0. The Morgan fingerprint density at radius 3 is 2.58 bits per heavy atom. The van der Waals surface area contributed by atoms with E-state index in [-0.39, 0.29) is 18.9 Å². The zero-order valence-corrected chi connectivity index (χ0v) is 13.3. The fourth-order valence-corrected chi connectivity index (χ4v) is 3.63. The number of para-hydroxylation sites is 1. The fourth-order valence-electron chi connectivity index (χ4n) is 3.63. The molecule has 0 aromatic heterocycles. The molecule has 2 aliphatic heterocycles. The number of piperidine rings is 1. The molecule has 0 saturated carbocycles. The van der Waals surface area contributed by atoms with Crippen LogP contribution in [0.2, 0.25) is 0 Å². The number of alkyl halides is 3. The van der Waals surface area contributed by atoms with Crippen molar-refractivity contribution < 1.29 is 22.8 Å². The van der Waals surface area contributed by atoms with Gasteiger partial charge in [0.1, 0.15) is 6.04 Å². The number of anilines is 1. The van der Waals surface area contributed by atoms with E-state index in [9.17, 15) is 22.8 Å². The van der Waals surface area contributed by atoms with Crippen molar-refractivity contribution in [2.75, 3.05) is 18.0 Å². The Hall–Kier alpha value is -2.05. The van der Waals surface area contributed by atoms with Gasteiger partial charge in [0.05, 0.1) is 5.92 Å². The molecule has 0 aliphatic carbocycles. The maximum Gasteiger partial charge on any atom is 0.393 e. The van der Waals surface area contributed by atoms with Gasteiger partial charge in [-0.2, -0.15) is 13.2 Å². The first-order valence-electron chi connectivity index (χ1n) is 8.02. The molecule has 2 atom stereocenters. The fraction of sp³-hybridized carbons (Fsp3) is 0.529. The maximum absolute atomic E-state index is 13.0. The number of hydrogen-bond donors (Lipinski definition) is 0. The third-order valence-corrected chi connectivity index (χ3v) is 4.80. The van der Waals surface area contributed by atoms with Gasteiger partial charge in [-0.15, -0.1) is 0 Å². The first kappa shape index (κ1) is 16.8. The standard InChI is InChI=1S/C17H19F3N2O2/c1-11(23)22-14-7-3-2-5-12(14)9-15(22)16(24)21-8-4-6-13(10-21)17(18,19)20/h2-3,5,7,13,15H,4,6,8-10H2,1H3/t13-,15+/m1/s1. The van der Waals surface area contributed by atoms with E-state index < -0.39 is 24.0 Å². The van der Waals surface area contributed by atoms with Crippen molar-refractivity contribution in [3.05, 3.63) is 29.8 Å². The van der Waals surface area contributed by atoms with E-state index >= 15 is 0 Å². The van der Waals surface area contributed by atoms with Crippen LogP contribution in [0.5, 0.6) is 0 Å². The number of halogens is 3. The second-order valence-corrected chi connectivity index (χ2v) is 6.40. The van der Waals surface area contributed by atoms with Crippen LogP contribution in [0.15, 0.2) is 24.3 Å². The van der Waals surface area contributed by atoms with Crippen LogP contribution >= 0.6 is 0 Å². The van der Waals surface area contributed by atoms with Crippen LogP contribution in [0.1, 0.15) is 25.3 Å². The second-order valence-electron chi connectivity index (χ2n) is 6.40. The molecule has 4 nitrogen and oxygen atoms in total. The van der Waals surface area contributed by atoms with Gasteiger partial charge in [0.25, 0.3) is 0 Å². The Morgan fingerprint density at radius 2 is 1.92 bits per heavy atom. The Balaban J connectivity index is 1.81. The third kappa shape index (κ3) is 2.99. The second kappa shape index (κ2) is 6.11. The minimum atomic E-state index is -4.29. The van der Waals surface area contributed by atoms with Crippen molar-refractivity contribution in [2.45, 2.75) is 38.4 Å².